The highest BCUT2D eigenvalue weighted by molar-refractivity contribution is 7.97. The van der Waals surface area contributed by atoms with E-state index in [4.69, 9.17) is 0 Å². The molecule has 3 aromatic rings. The standard InChI is InChI=1S/C22H18N2O3S/c1-15-11-13-17(14-12-15)24-22(25)21-20(23-16-7-3-2-4-8-16)18-9-5-6-10-19(18)28(21,26)27/h2-14,23H,1H3,(H,24,25). The Labute approximate surface area is 163 Å². The van der Waals surface area contributed by atoms with Crippen LogP contribution >= 0.6 is 0 Å². The number of amides is 1. The lowest BCUT2D eigenvalue weighted by atomic mass is 10.1. The molecular formula is C22H18N2O3S. The second-order valence-corrected chi connectivity index (χ2v) is 8.37. The number of aryl methyl sites for hydroxylation is 1. The Balaban J connectivity index is 1.80. The van der Waals surface area contributed by atoms with Crippen LogP contribution in [0.4, 0.5) is 11.4 Å². The lowest BCUT2D eigenvalue weighted by Crippen LogP contribution is -2.20. The van der Waals surface area contributed by atoms with Crippen LogP contribution < -0.4 is 10.6 Å². The highest BCUT2D eigenvalue weighted by atomic mass is 32.2. The van der Waals surface area contributed by atoms with E-state index in [1.54, 1.807) is 30.3 Å². The minimum absolute atomic E-state index is 0.127. The first-order chi connectivity index (χ1) is 13.5. The SMILES string of the molecule is Cc1ccc(NC(=O)C2=C(Nc3ccccc3)c3ccccc3S2(=O)=O)cc1. The summed E-state index contributed by atoms with van der Waals surface area (Å²) in [5, 5.41) is 5.82. The van der Waals surface area contributed by atoms with Gasteiger partial charge in [0.05, 0.1) is 10.6 Å². The van der Waals surface area contributed by atoms with Gasteiger partial charge in [0.2, 0.25) is 9.84 Å². The minimum Gasteiger partial charge on any atom is -0.354 e. The third-order valence-electron chi connectivity index (χ3n) is 4.50. The van der Waals surface area contributed by atoms with E-state index in [1.165, 1.54) is 6.07 Å². The average Bonchev–Trinajstić information content (AvgIpc) is 2.92. The number of nitrogens with one attached hydrogen (secondary N) is 2. The molecule has 0 atom stereocenters. The Bertz CT molecular complexity index is 1180. The Hall–Kier alpha value is -3.38. The number of para-hydroxylation sites is 1. The van der Waals surface area contributed by atoms with Gasteiger partial charge in [0.25, 0.3) is 5.91 Å². The second-order valence-electron chi connectivity index (χ2n) is 6.51. The first-order valence-corrected chi connectivity index (χ1v) is 10.2. The van der Waals surface area contributed by atoms with Crippen LogP contribution in [0.2, 0.25) is 0 Å². The molecule has 1 heterocycles. The molecule has 5 nitrogen and oxygen atoms in total. The summed E-state index contributed by atoms with van der Waals surface area (Å²) >= 11 is 0. The number of hydrogen-bond donors (Lipinski definition) is 2. The first-order valence-electron chi connectivity index (χ1n) is 8.76. The summed E-state index contributed by atoms with van der Waals surface area (Å²) in [5.74, 6) is -0.668. The normalized spacial score (nSPS) is 14.5. The molecule has 0 radical (unpaired) electrons. The highest BCUT2D eigenvalue weighted by Crippen LogP contribution is 2.39. The van der Waals surface area contributed by atoms with E-state index >= 15 is 0 Å². The van der Waals surface area contributed by atoms with Crippen LogP contribution in [0.1, 0.15) is 11.1 Å². The summed E-state index contributed by atoms with van der Waals surface area (Å²) in [7, 11) is -3.94. The first kappa shape index (κ1) is 18.0. The molecule has 0 saturated carbocycles. The van der Waals surface area contributed by atoms with Crippen molar-refractivity contribution in [1.29, 1.82) is 0 Å². The van der Waals surface area contributed by atoms with Crippen LogP contribution in [-0.4, -0.2) is 14.3 Å². The van der Waals surface area contributed by atoms with Crippen LogP contribution in [-0.2, 0) is 14.6 Å². The third kappa shape index (κ3) is 3.18. The van der Waals surface area contributed by atoms with E-state index in [2.05, 4.69) is 10.6 Å². The van der Waals surface area contributed by atoms with Crippen molar-refractivity contribution in [3.8, 4) is 0 Å². The molecule has 0 fully saturated rings. The van der Waals surface area contributed by atoms with E-state index in [9.17, 15) is 13.2 Å². The van der Waals surface area contributed by atoms with Gasteiger partial charge in [0, 0.05) is 16.9 Å². The van der Waals surface area contributed by atoms with Gasteiger partial charge in [0.15, 0.2) is 4.91 Å². The zero-order valence-corrected chi connectivity index (χ0v) is 16.0. The smallest absolute Gasteiger partial charge is 0.269 e. The highest BCUT2D eigenvalue weighted by Gasteiger charge is 2.40. The number of carbonyl (C=O) groups is 1. The topological polar surface area (TPSA) is 75.3 Å². The Morgan fingerprint density at radius 2 is 1.43 bits per heavy atom. The van der Waals surface area contributed by atoms with E-state index in [0.717, 1.165) is 5.56 Å². The number of hydrogen-bond acceptors (Lipinski definition) is 4. The van der Waals surface area contributed by atoms with Crippen LogP contribution in [0.25, 0.3) is 5.70 Å². The summed E-state index contributed by atoms with van der Waals surface area (Å²) in [6.45, 7) is 1.94. The van der Waals surface area contributed by atoms with Crippen molar-refractivity contribution in [1.82, 2.24) is 0 Å². The van der Waals surface area contributed by atoms with Crippen LogP contribution in [0.15, 0.2) is 88.7 Å². The van der Waals surface area contributed by atoms with Crippen molar-refractivity contribution in [2.24, 2.45) is 0 Å². The fourth-order valence-electron chi connectivity index (χ4n) is 3.12. The monoisotopic (exact) mass is 390 g/mol. The number of fused-ring (bicyclic) bond motifs is 1. The van der Waals surface area contributed by atoms with E-state index in [0.29, 0.717) is 16.9 Å². The molecule has 0 spiro atoms. The average molecular weight is 390 g/mol. The Morgan fingerprint density at radius 1 is 0.786 bits per heavy atom. The zero-order chi connectivity index (χ0) is 19.7. The van der Waals surface area contributed by atoms with Gasteiger partial charge in [-0.25, -0.2) is 8.42 Å². The molecule has 0 unspecified atom stereocenters. The maximum absolute atomic E-state index is 13.1. The number of anilines is 2. The van der Waals surface area contributed by atoms with Gasteiger partial charge in [-0.2, -0.15) is 0 Å². The number of rotatable bonds is 4. The number of carbonyl (C=O) groups excluding carboxylic acids is 1. The Morgan fingerprint density at radius 3 is 2.14 bits per heavy atom. The van der Waals surface area contributed by atoms with Crippen LogP contribution in [0, 0.1) is 6.92 Å². The molecule has 2 N–H and O–H groups in total. The fraction of sp³-hybridized carbons (Fsp3) is 0.0455. The van der Waals surface area contributed by atoms with E-state index in [-0.39, 0.29) is 15.5 Å². The molecule has 140 valence electrons. The van der Waals surface area contributed by atoms with E-state index in [1.807, 2.05) is 49.4 Å². The molecule has 0 aliphatic carbocycles. The summed E-state index contributed by atoms with van der Waals surface area (Å²) in [6.07, 6.45) is 0. The summed E-state index contributed by atoms with van der Waals surface area (Å²) in [5.41, 5.74) is 3.05. The molecule has 3 aromatic carbocycles. The molecular weight excluding hydrogens is 372 g/mol. The predicted molar refractivity (Wildman–Crippen MR) is 110 cm³/mol. The molecule has 0 aromatic heterocycles. The zero-order valence-electron chi connectivity index (χ0n) is 15.1. The van der Waals surface area contributed by atoms with Crippen LogP contribution in [0.3, 0.4) is 0 Å². The van der Waals surface area contributed by atoms with E-state index < -0.39 is 15.7 Å². The molecule has 0 saturated heterocycles. The van der Waals surface area contributed by atoms with Crippen molar-refractivity contribution >= 4 is 32.8 Å². The van der Waals surface area contributed by atoms with Crippen molar-refractivity contribution in [3.05, 3.63) is 94.9 Å². The van der Waals surface area contributed by atoms with Crippen molar-refractivity contribution in [2.75, 3.05) is 10.6 Å². The van der Waals surface area contributed by atoms with Gasteiger partial charge >= 0.3 is 0 Å². The van der Waals surface area contributed by atoms with Gasteiger partial charge in [-0.1, -0.05) is 54.1 Å². The molecule has 6 heteroatoms. The van der Waals surface area contributed by atoms with Gasteiger partial charge in [0.1, 0.15) is 0 Å². The quantitative estimate of drug-likeness (QED) is 0.700. The van der Waals surface area contributed by atoms with Crippen molar-refractivity contribution < 1.29 is 13.2 Å². The summed E-state index contributed by atoms with van der Waals surface area (Å²) in [6, 6.07) is 23.0. The molecule has 1 aliphatic rings. The van der Waals surface area contributed by atoms with Crippen LogP contribution in [0.5, 0.6) is 0 Å². The molecule has 0 bridgehead atoms. The number of benzene rings is 3. The predicted octanol–water partition coefficient (Wildman–Crippen LogP) is 4.20. The summed E-state index contributed by atoms with van der Waals surface area (Å²) < 4.78 is 26.2. The lowest BCUT2D eigenvalue weighted by molar-refractivity contribution is -0.112. The number of sulfone groups is 1. The third-order valence-corrected chi connectivity index (χ3v) is 6.36. The van der Waals surface area contributed by atoms with Gasteiger partial charge in [-0.3, -0.25) is 4.79 Å². The van der Waals surface area contributed by atoms with Crippen molar-refractivity contribution in [3.63, 3.8) is 0 Å². The molecule has 4 rings (SSSR count). The molecule has 1 amide bonds. The molecule has 28 heavy (non-hydrogen) atoms. The molecule has 1 aliphatic heterocycles. The second kappa shape index (κ2) is 6.98. The van der Waals surface area contributed by atoms with Gasteiger partial charge in [-0.05, 0) is 37.3 Å². The fourth-order valence-corrected chi connectivity index (χ4v) is 4.79. The summed E-state index contributed by atoms with van der Waals surface area (Å²) in [4.78, 5) is 12.8. The Kier molecular flexibility index (Phi) is 4.49. The minimum atomic E-state index is -3.94. The van der Waals surface area contributed by atoms with Gasteiger partial charge in [-0.15, -0.1) is 0 Å². The maximum Gasteiger partial charge on any atom is 0.269 e. The van der Waals surface area contributed by atoms with Crippen molar-refractivity contribution in [2.45, 2.75) is 11.8 Å². The maximum atomic E-state index is 13.1. The lowest BCUT2D eigenvalue weighted by Gasteiger charge is -2.11. The largest absolute Gasteiger partial charge is 0.354 e. The van der Waals surface area contributed by atoms with Gasteiger partial charge < -0.3 is 10.6 Å².